The Morgan fingerprint density at radius 1 is 1.11 bits per heavy atom. The topological polar surface area (TPSA) is 69.2 Å². The summed E-state index contributed by atoms with van der Waals surface area (Å²) in [6, 6.07) is 12.6. The predicted molar refractivity (Wildman–Crippen MR) is 105 cm³/mol. The zero-order chi connectivity index (χ0) is 19.4. The van der Waals surface area contributed by atoms with E-state index in [1.807, 2.05) is 31.2 Å². The molecule has 0 saturated heterocycles. The predicted octanol–water partition coefficient (Wildman–Crippen LogP) is 4.31. The average molecular weight is 401 g/mol. The minimum absolute atomic E-state index is 0.114. The molecule has 0 N–H and O–H groups in total. The molecule has 2 aromatic carbocycles. The summed E-state index contributed by atoms with van der Waals surface area (Å²) in [5.74, 6) is -0.300. The number of methoxy groups -OCH3 is 1. The molecule has 0 radical (unpaired) electrons. The van der Waals surface area contributed by atoms with Crippen LogP contribution < -0.4 is 0 Å². The normalized spacial score (nSPS) is 10.6. The number of carbonyl (C=O) groups excluding carboxylic acids is 2. The zero-order valence-electron chi connectivity index (χ0n) is 14.9. The molecule has 0 spiro atoms. The van der Waals surface area contributed by atoms with Crippen LogP contribution in [0.4, 0.5) is 0 Å². The van der Waals surface area contributed by atoms with Crippen LogP contribution in [-0.4, -0.2) is 28.4 Å². The van der Waals surface area contributed by atoms with Gasteiger partial charge in [-0.1, -0.05) is 40.4 Å². The Kier molecular flexibility index (Phi) is 5.98. The molecule has 27 heavy (non-hydrogen) atoms. The van der Waals surface area contributed by atoms with E-state index in [9.17, 15) is 9.59 Å². The van der Waals surface area contributed by atoms with Crippen molar-refractivity contribution in [2.45, 2.75) is 19.8 Å². The molecule has 7 heteroatoms. The van der Waals surface area contributed by atoms with Crippen molar-refractivity contribution in [3.8, 4) is 11.1 Å². The van der Waals surface area contributed by atoms with Crippen LogP contribution in [0, 0.1) is 6.92 Å². The standard InChI is InChI=1S/C20H17ClN2O3S/c1-12-19(27-23-22-12)11-16(24)9-13-3-5-14(6-4-13)17-10-15(20(25)26-2)7-8-18(17)21/h3-8,10H,9,11H2,1-2H3. The fourth-order valence-corrected chi connectivity index (χ4v) is 3.56. The second-order valence-electron chi connectivity index (χ2n) is 6.06. The number of esters is 1. The van der Waals surface area contributed by atoms with Crippen LogP contribution in [0.3, 0.4) is 0 Å². The maximum absolute atomic E-state index is 12.3. The highest BCUT2D eigenvalue weighted by Gasteiger charge is 2.12. The largest absolute Gasteiger partial charge is 0.465 e. The van der Waals surface area contributed by atoms with Crippen molar-refractivity contribution in [1.29, 1.82) is 0 Å². The molecule has 0 bridgehead atoms. The molecule has 0 aliphatic carbocycles. The van der Waals surface area contributed by atoms with Crippen LogP contribution in [0.15, 0.2) is 42.5 Å². The summed E-state index contributed by atoms with van der Waals surface area (Å²) in [4.78, 5) is 24.9. The Morgan fingerprint density at radius 2 is 1.85 bits per heavy atom. The summed E-state index contributed by atoms with van der Waals surface area (Å²) in [5, 5.41) is 4.47. The number of ether oxygens (including phenoxy) is 1. The lowest BCUT2D eigenvalue weighted by Crippen LogP contribution is -2.06. The summed E-state index contributed by atoms with van der Waals surface area (Å²) < 4.78 is 8.61. The second-order valence-corrected chi connectivity index (χ2v) is 7.30. The first-order chi connectivity index (χ1) is 13.0. The minimum atomic E-state index is -0.414. The van der Waals surface area contributed by atoms with Crippen molar-refractivity contribution in [3.63, 3.8) is 0 Å². The molecule has 0 saturated carbocycles. The van der Waals surface area contributed by atoms with Gasteiger partial charge >= 0.3 is 5.97 Å². The number of carbonyl (C=O) groups is 2. The zero-order valence-corrected chi connectivity index (χ0v) is 16.4. The first-order valence-electron chi connectivity index (χ1n) is 8.24. The maximum atomic E-state index is 12.3. The Bertz CT molecular complexity index is 983. The number of aryl methyl sites for hydroxylation is 1. The molecule has 0 amide bonds. The highest BCUT2D eigenvalue weighted by molar-refractivity contribution is 7.05. The van der Waals surface area contributed by atoms with Crippen molar-refractivity contribution in [2.75, 3.05) is 7.11 Å². The van der Waals surface area contributed by atoms with Crippen molar-refractivity contribution < 1.29 is 14.3 Å². The third-order valence-corrected chi connectivity index (χ3v) is 5.31. The fourth-order valence-electron chi connectivity index (χ4n) is 2.68. The number of nitrogens with zero attached hydrogens (tertiary/aromatic N) is 2. The molecule has 138 valence electrons. The van der Waals surface area contributed by atoms with E-state index >= 15 is 0 Å². The number of ketones is 1. The SMILES string of the molecule is COC(=O)c1ccc(Cl)c(-c2ccc(CC(=O)Cc3snnc3C)cc2)c1. The Hall–Kier alpha value is -2.57. The van der Waals surface area contributed by atoms with E-state index in [4.69, 9.17) is 16.3 Å². The minimum Gasteiger partial charge on any atom is -0.465 e. The lowest BCUT2D eigenvalue weighted by molar-refractivity contribution is -0.117. The van der Waals surface area contributed by atoms with Gasteiger partial charge in [-0.05, 0) is 47.8 Å². The molecular formula is C20H17ClN2O3S. The van der Waals surface area contributed by atoms with E-state index in [1.165, 1.54) is 18.6 Å². The molecule has 1 aromatic heterocycles. The van der Waals surface area contributed by atoms with Gasteiger partial charge in [0.2, 0.25) is 0 Å². The molecule has 1 heterocycles. The van der Waals surface area contributed by atoms with Crippen LogP contribution in [0.5, 0.6) is 0 Å². The van der Waals surface area contributed by atoms with Gasteiger partial charge in [0.15, 0.2) is 0 Å². The maximum Gasteiger partial charge on any atom is 0.337 e. The third-order valence-electron chi connectivity index (χ3n) is 4.16. The Morgan fingerprint density at radius 3 is 2.48 bits per heavy atom. The highest BCUT2D eigenvalue weighted by atomic mass is 35.5. The van der Waals surface area contributed by atoms with E-state index < -0.39 is 5.97 Å². The Balaban J connectivity index is 1.74. The van der Waals surface area contributed by atoms with Gasteiger partial charge in [0.1, 0.15) is 5.78 Å². The summed E-state index contributed by atoms with van der Waals surface area (Å²) in [7, 11) is 1.34. The van der Waals surface area contributed by atoms with E-state index in [0.717, 1.165) is 27.3 Å². The Labute approximate surface area is 166 Å². The van der Waals surface area contributed by atoms with Crippen molar-refractivity contribution >= 4 is 34.9 Å². The van der Waals surface area contributed by atoms with Gasteiger partial charge in [-0.3, -0.25) is 4.79 Å². The summed E-state index contributed by atoms with van der Waals surface area (Å²) >= 11 is 7.54. The van der Waals surface area contributed by atoms with Crippen LogP contribution in [0.1, 0.15) is 26.5 Å². The molecule has 0 unspecified atom stereocenters. The van der Waals surface area contributed by atoms with Crippen LogP contribution in [-0.2, 0) is 22.4 Å². The van der Waals surface area contributed by atoms with Gasteiger partial charge in [0, 0.05) is 23.4 Å². The first-order valence-corrected chi connectivity index (χ1v) is 9.39. The summed E-state index contributed by atoms with van der Waals surface area (Å²) in [6.45, 7) is 1.85. The number of hydrogen-bond acceptors (Lipinski definition) is 6. The fraction of sp³-hybridized carbons (Fsp3) is 0.200. The van der Waals surface area contributed by atoms with Gasteiger partial charge in [0.25, 0.3) is 0 Å². The number of benzene rings is 2. The monoisotopic (exact) mass is 400 g/mol. The van der Waals surface area contributed by atoms with Crippen molar-refractivity contribution in [1.82, 2.24) is 9.59 Å². The number of halogens is 1. The molecule has 3 rings (SSSR count). The van der Waals surface area contributed by atoms with Crippen molar-refractivity contribution in [2.24, 2.45) is 0 Å². The lowest BCUT2D eigenvalue weighted by Gasteiger charge is -2.08. The molecule has 3 aromatic rings. The number of Topliss-reactive ketones (excluding diaryl/α,β-unsaturated/α-hetero) is 1. The summed E-state index contributed by atoms with van der Waals surface area (Å²) in [5.41, 5.74) is 3.76. The lowest BCUT2D eigenvalue weighted by atomic mass is 9.99. The number of aromatic nitrogens is 2. The molecule has 0 fully saturated rings. The van der Waals surface area contributed by atoms with Crippen molar-refractivity contribution in [3.05, 3.63) is 69.2 Å². The molecular weight excluding hydrogens is 384 g/mol. The molecule has 0 aliphatic heterocycles. The van der Waals surface area contributed by atoms with Gasteiger partial charge < -0.3 is 4.74 Å². The van der Waals surface area contributed by atoms with E-state index in [0.29, 0.717) is 23.4 Å². The quantitative estimate of drug-likeness (QED) is 0.577. The van der Waals surface area contributed by atoms with Gasteiger partial charge in [-0.25, -0.2) is 4.79 Å². The third kappa shape index (κ3) is 4.59. The van der Waals surface area contributed by atoms with E-state index in [1.54, 1.807) is 18.2 Å². The van der Waals surface area contributed by atoms with Crippen LogP contribution in [0.25, 0.3) is 11.1 Å². The number of hydrogen-bond donors (Lipinski definition) is 0. The molecule has 5 nitrogen and oxygen atoms in total. The van der Waals surface area contributed by atoms with E-state index in [-0.39, 0.29) is 5.78 Å². The summed E-state index contributed by atoms with van der Waals surface area (Å²) in [6.07, 6.45) is 0.686. The van der Waals surface area contributed by atoms with Gasteiger partial charge in [0.05, 0.1) is 23.2 Å². The van der Waals surface area contributed by atoms with Gasteiger partial charge in [-0.15, -0.1) is 5.10 Å². The second kappa shape index (κ2) is 8.41. The average Bonchev–Trinajstić information content (AvgIpc) is 3.06. The van der Waals surface area contributed by atoms with Crippen LogP contribution in [0.2, 0.25) is 5.02 Å². The van der Waals surface area contributed by atoms with Gasteiger partial charge in [-0.2, -0.15) is 0 Å². The van der Waals surface area contributed by atoms with Crippen LogP contribution >= 0.6 is 23.1 Å². The molecule has 0 aliphatic rings. The molecule has 0 atom stereocenters. The highest BCUT2D eigenvalue weighted by Crippen LogP contribution is 2.29. The smallest absolute Gasteiger partial charge is 0.337 e. The first kappa shape index (κ1) is 19.2. The van der Waals surface area contributed by atoms with E-state index in [2.05, 4.69) is 9.59 Å². The number of rotatable bonds is 6.